The fourth-order valence-electron chi connectivity index (χ4n) is 0.814. The summed E-state index contributed by atoms with van der Waals surface area (Å²) in [7, 11) is 0. The van der Waals surface area contributed by atoms with Gasteiger partial charge in [-0.15, -0.1) is 0 Å². The van der Waals surface area contributed by atoms with Gasteiger partial charge in [-0.05, 0) is 25.5 Å². The summed E-state index contributed by atoms with van der Waals surface area (Å²) in [5, 5.41) is 25.7. The molecular formula is C8H10O5. The van der Waals surface area contributed by atoms with Gasteiger partial charge >= 0.3 is 11.9 Å². The highest BCUT2D eigenvalue weighted by molar-refractivity contribution is 6.13. The van der Waals surface area contributed by atoms with E-state index in [1.807, 2.05) is 0 Å². The highest BCUT2D eigenvalue weighted by Crippen LogP contribution is 2.08. The van der Waals surface area contributed by atoms with Gasteiger partial charge in [0.2, 0.25) is 0 Å². The van der Waals surface area contributed by atoms with Gasteiger partial charge in [-0.3, -0.25) is 0 Å². The topological polar surface area (TPSA) is 94.8 Å². The molecule has 0 aliphatic carbocycles. The van der Waals surface area contributed by atoms with Gasteiger partial charge in [0.1, 0.15) is 5.57 Å². The first kappa shape index (κ1) is 11.2. The summed E-state index contributed by atoms with van der Waals surface area (Å²) in [6.07, 6.45) is 1.08. The molecule has 0 fully saturated rings. The van der Waals surface area contributed by atoms with E-state index in [0.717, 1.165) is 6.08 Å². The Bertz CT molecular complexity index is 278. The van der Waals surface area contributed by atoms with Crippen LogP contribution >= 0.6 is 0 Å². The van der Waals surface area contributed by atoms with Crippen LogP contribution in [0.5, 0.6) is 0 Å². The molecule has 0 aliphatic rings. The molecule has 0 saturated carbocycles. The smallest absolute Gasteiger partial charge is 0.343 e. The summed E-state index contributed by atoms with van der Waals surface area (Å²) in [5.41, 5.74) is -0.742. The van der Waals surface area contributed by atoms with E-state index in [-0.39, 0.29) is 11.3 Å². The number of hydrogen-bond donors (Lipinski definition) is 3. The van der Waals surface area contributed by atoms with E-state index in [4.69, 9.17) is 15.3 Å². The molecule has 0 radical (unpaired) electrons. The SMILES string of the molecule is CC(O)=CC(C)=C(C(=O)O)C(=O)O. The quantitative estimate of drug-likeness (QED) is 0.200. The molecule has 5 nitrogen and oxygen atoms in total. The zero-order valence-electron chi connectivity index (χ0n) is 7.24. The highest BCUT2D eigenvalue weighted by atomic mass is 16.4. The van der Waals surface area contributed by atoms with Gasteiger partial charge in [-0.1, -0.05) is 0 Å². The lowest BCUT2D eigenvalue weighted by molar-refractivity contribution is -0.140. The number of aliphatic hydroxyl groups is 1. The molecule has 0 saturated heterocycles. The molecular weight excluding hydrogens is 176 g/mol. The Morgan fingerprint density at radius 2 is 1.38 bits per heavy atom. The Hall–Kier alpha value is -1.78. The summed E-state index contributed by atoms with van der Waals surface area (Å²) in [6, 6.07) is 0. The molecule has 0 heterocycles. The van der Waals surface area contributed by atoms with Gasteiger partial charge in [-0.2, -0.15) is 0 Å². The van der Waals surface area contributed by atoms with Gasteiger partial charge in [-0.25, -0.2) is 9.59 Å². The van der Waals surface area contributed by atoms with Gasteiger partial charge < -0.3 is 15.3 Å². The number of aliphatic carboxylic acids is 2. The zero-order chi connectivity index (χ0) is 10.6. The molecule has 0 rings (SSSR count). The minimum atomic E-state index is -1.53. The van der Waals surface area contributed by atoms with Crippen LogP contribution in [-0.2, 0) is 9.59 Å². The van der Waals surface area contributed by atoms with E-state index < -0.39 is 17.5 Å². The monoisotopic (exact) mass is 186 g/mol. The summed E-state index contributed by atoms with van der Waals surface area (Å²) in [5.74, 6) is -3.19. The van der Waals surface area contributed by atoms with Crippen LogP contribution in [0.4, 0.5) is 0 Å². The highest BCUT2D eigenvalue weighted by Gasteiger charge is 2.18. The average Bonchev–Trinajstić information content (AvgIpc) is 1.81. The largest absolute Gasteiger partial charge is 0.513 e. The van der Waals surface area contributed by atoms with Crippen LogP contribution < -0.4 is 0 Å². The lowest BCUT2D eigenvalue weighted by atomic mass is 10.1. The summed E-state index contributed by atoms with van der Waals surface area (Å²) >= 11 is 0. The molecule has 5 heteroatoms. The van der Waals surface area contributed by atoms with E-state index in [0.29, 0.717) is 0 Å². The second-order valence-corrected chi connectivity index (χ2v) is 2.45. The van der Waals surface area contributed by atoms with Crippen LogP contribution in [0.25, 0.3) is 0 Å². The number of allylic oxidation sites excluding steroid dienone is 3. The first-order valence-corrected chi connectivity index (χ1v) is 3.41. The van der Waals surface area contributed by atoms with Crippen molar-refractivity contribution in [2.75, 3.05) is 0 Å². The summed E-state index contributed by atoms with van der Waals surface area (Å²) < 4.78 is 0. The number of carbonyl (C=O) groups is 2. The summed E-state index contributed by atoms with van der Waals surface area (Å²) in [6.45, 7) is 2.63. The van der Waals surface area contributed by atoms with Crippen molar-refractivity contribution in [3.8, 4) is 0 Å². The minimum Gasteiger partial charge on any atom is -0.513 e. The van der Waals surface area contributed by atoms with Crippen LogP contribution in [0, 0.1) is 0 Å². The predicted molar refractivity (Wildman–Crippen MR) is 44.4 cm³/mol. The fourth-order valence-corrected chi connectivity index (χ4v) is 0.814. The minimum absolute atomic E-state index is 0.000000000000000444. The fraction of sp³-hybridized carbons (Fsp3) is 0.250. The van der Waals surface area contributed by atoms with Crippen molar-refractivity contribution < 1.29 is 24.9 Å². The summed E-state index contributed by atoms with van der Waals surface area (Å²) in [4.78, 5) is 20.8. The molecule has 3 N–H and O–H groups in total. The lowest BCUT2D eigenvalue weighted by Gasteiger charge is -1.98. The predicted octanol–water partition coefficient (Wildman–Crippen LogP) is 0.934. The Kier molecular flexibility index (Phi) is 3.71. The second kappa shape index (κ2) is 4.30. The van der Waals surface area contributed by atoms with E-state index in [2.05, 4.69) is 0 Å². The second-order valence-electron chi connectivity index (χ2n) is 2.45. The van der Waals surface area contributed by atoms with Crippen molar-refractivity contribution in [3.63, 3.8) is 0 Å². The average molecular weight is 186 g/mol. The third kappa shape index (κ3) is 3.42. The van der Waals surface area contributed by atoms with E-state index >= 15 is 0 Å². The molecule has 72 valence electrons. The third-order valence-corrected chi connectivity index (χ3v) is 1.25. The standard InChI is InChI=1S/C8H10O5/c1-4(3-5(2)9)6(7(10)11)8(12)13/h3,9H,1-2H3,(H,10,11)(H,12,13). The van der Waals surface area contributed by atoms with Crippen molar-refractivity contribution in [2.24, 2.45) is 0 Å². The molecule has 0 aromatic carbocycles. The van der Waals surface area contributed by atoms with Crippen LogP contribution in [0.3, 0.4) is 0 Å². The van der Waals surface area contributed by atoms with E-state index in [1.165, 1.54) is 13.8 Å². The normalized spacial score (nSPS) is 10.8. The maximum atomic E-state index is 10.4. The van der Waals surface area contributed by atoms with Gasteiger partial charge in [0.25, 0.3) is 0 Å². The van der Waals surface area contributed by atoms with Crippen molar-refractivity contribution in [1.82, 2.24) is 0 Å². The molecule has 13 heavy (non-hydrogen) atoms. The first-order valence-electron chi connectivity index (χ1n) is 3.41. The Labute approximate surface area is 74.6 Å². The van der Waals surface area contributed by atoms with Crippen LogP contribution in [-0.4, -0.2) is 27.3 Å². The molecule has 0 aliphatic heterocycles. The number of aliphatic hydroxyl groups excluding tert-OH is 1. The molecule has 0 amide bonds. The molecule has 0 aromatic rings. The number of rotatable bonds is 3. The van der Waals surface area contributed by atoms with Crippen molar-refractivity contribution in [3.05, 3.63) is 23.0 Å². The van der Waals surface area contributed by atoms with Gasteiger partial charge in [0.05, 0.1) is 5.76 Å². The van der Waals surface area contributed by atoms with Crippen molar-refractivity contribution in [2.45, 2.75) is 13.8 Å². The number of carboxylic acids is 2. The van der Waals surface area contributed by atoms with Crippen LogP contribution in [0.15, 0.2) is 23.0 Å². The zero-order valence-corrected chi connectivity index (χ0v) is 7.24. The lowest BCUT2D eigenvalue weighted by Crippen LogP contribution is -2.13. The van der Waals surface area contributed by atoms with Crippen molar-refractivity contribution in [1.29, 1.82) is 0 Å². The number of carboxylic acid groups (broad SMARTS) is 2. The van der Waals surface area contributed by atoms with Crippen LogP contribution in [0.2, 0.25) is 0 Å². The molecule has 0 spiro atoms. The molecule has 0 atom stereocenters. The third-order valence-electron chi connectivity index (χ3n) is 1.25. The molecule has 0 aromatic heterocycles. The number of hydrogen-bond acceptors (Lipinski definition) is 3. The van der Waals surface area contributed by atoms with Gasteiger partial charge in [0, 0.05) is 0 Å². The maximum Gasteiger partial charge on any atom is 0.343 e. The Morgan fingerprint density at radius 1 is 1.00 bits per heavy atom. The van der Waals surface area contributed by atoms with Crippen molar-refractivity contribution >= 4 is 11.9 Å². The maximum absolute atomic E-state index is 10.4. The first-order chi connectivity index (χ1) is 5.86. The van der Waals surface area contributed by atoms with E-state index in [9.17, 15) is 9.59 Å². The molecule has 0 bridgehead atoms. The van der Waals surface area contributed by atoms with Gasteiger partial charge in [0.15, 0.2) is 0 Å². The Morgan fingerprint density at radius 3 is 1.62 bits per heavy atom. The van der Waals surface area contributed by atoms with E-state index in [1.54, 1.807) is 0 Å². The Balaban J connectivity index is 5.23. The molecule has 0 unspecified atom stereocenters. The van der Waals surface area contributed by atoms with Crippen LogP contribution in [0.1, 0.15) is 13.8 Å².